The molecule has 2 amide bonds. The van der Waals surface area contributed by atoms with Crippen LogP contribution in [0.5, 0.6) is 5.75 Å². The molecule has 2 aromatic rings. The molecule has 1 atom stereocenters. The lowest BCUT2D eigenvalue weighted by Gasteiger charge is -2.31. The maximum absolute atomic E-state index is 13.1. The van der Waals surface area contributed by atoms with Crippen LogP contribution in [-0.4, -0.2) is 54.0 Å². The second kappa shape index (κ2) is 9.74. The first-order chi connectivity index (χ1) is 16.2. The summed E-state index contributed by atoms with van der Waals surface area (Å²) in [6, 6.07) is 5.92. The van der Waals surface area contributed by atoms with Crippen LogP contribution in [-0.2, 0) is 26.3 Å². The third-order valence-electron chi connectivity index (χ3n) is 6.16. The number of anilines is 1. The highest BCUT2D eigenvalue weighted by Crippen LogP contribution is 2.37. The fourth-order valence-electron chi connectivity index (χ4n) is 4.24. The zero-order chi connectivity index (χ0) is 24.5. The van der Waals surface area contributed by atoms with Gasteiger partial charge in [0.05, 0.1) is 24.8 Å². The monoisotopic (exact) mass is 485 g/mol. The van der Waals surface area contributed by atoms with Gasteiger partial charge in [-0.25, -0.2) is 4.98 Å². The Labute approximate surface area is 203 Å². The summed E-state index contributed by atoms with van der Waals surface area (Å²) >= 11 is 1.35. The van der Waals surface area contributed by atoms with Crippen molar-refractivity contribution in [1.29, 1.82) is 0 Å². The van der Waals surface area contributed by atoms with Crippen LogP contribution in [0.1, 0.15) is 61.6 Å². The topological polar surface area (TPSA) is 89.0 Å². The molecule has 182 valence electrons. The molecule has 34 heavy (non-hydrogen) atoms. The molecule has 1 saturated heterocycles. The summed E-state index contributed by atoms with van der Waals surface area (Å²) in [4.78, 5) is 45.8. The third kappa shape index (κ3) is 5.09. The minimum Gasteiger partial charge on any atom is -0.482 e. The predicted octanol–water partition coefficient (Wildman–Crippen LogP) is 3.78. The summed E-state index contributed by atoms with van der Waals surface area (Å²) in [5, 5.41) is 2.40. The van der Waals surface area contributed by atoms with Crippen LogP contribution in [0.15, 0.2) is 23.6 Å². The first-order valence-electron chi connectivity index (χ1n) is 11.7. The molecule has 1 aromatic heterocycles. The van der Waals surface area contributed by atoms with Gasteiger partial charge < -0.3 is 14.4 Å². The van der Waals surface area contributed by atoms with E-state index in [0.29, 0.717) is 36.1 Å². The molecule has 0 radical (unpaired) electrons. The van der Waals surface area contributed by atoms with E-state index in [9.17, 15) is 14.4 Å². The number of aromatic nitrogens is 1. The van der Waals surface area contributed by atoms with Crippen molar-refractivity contribution in [2.24, 2.45) is 5.92 Å². The normalized spacial score (nSPS) is 18.4. The number of hydrogen-bond acceptors (Lipinski definition) is 7. The number of benzene rings is 1. The molecule has 1 fully saturated rings. The number of carbonyl (C=O) groups is 3. The van der Waals surface area contributed by atoms with E-state index in [-0.39, 0.29) is 42.3 Å². The second-order valence-electron chi connectivity index (χ2n) is 9.67. The van der Waals surface area contributed by atoms with Crippen molar-refractivity contribution in [2.75, 3.05) is 31.2 Å². The molecular weight excluding hydrogens is 454 g/mol. The van der Waals surface area contributed by atoms with Crippen LogP contribution in [0.4, 0.5) is 5.69 Å². The average Bonchev–Trinajstić information content (AvgIpc) is 3.28. The van der Waals surface area contributed by atoms with Gasteiger partial charge in [0, 0.05) is 18.5 Å². The fraction of sp³-hybridized carbons (Fsp3) is 0.520. The van der Waals surface area contributed by atoms with E-state index in [2.05, 4.69) is 25.8 Å². The molecule has 9 heteroatoms. The average molecular weight is 486 g/mol. The Balaban J connectivity index is 1.50. The SMILES string of the molecule is CCOC(=O)C1CCCN(C(=O)c2csc(CN3C(=O)COc4ccc(C(C)(C)C)cc43)n2)C1. The van der Waals surface area contributed by atoms with Gasteiger partial charge in [0.2, 0.25) is 0 Å². The molecule has 0 bridgehead atoms. The Morgan fingerprint density at radius 2 is 2.09 bits per heavy atom. The number of likely N-dealkylation sites (tertiary alicyclic amines) is 1. The first-order valence-corrected chi connectivity index (χ1v) is 12.5. The van der Waals surface area contributed by atoms with Gasteiger partial charge in [-0.1, -0.05) is 26.8 Å². The second-order valence-corrected chi connectivity index (χ2v) is 10.6. The lowest BCUT2D eigenvalue weighted by atomic mass is 9.86. The molecule has 3 heterocycles. The highest BCUT2D eigenvalue weighted by molar-refractivity contribution is 7.09. The van der Waals surface area contributed by atoms with E-state index in [1.807, 2.05) is 18.2 Å². The van der Waals surface area contributed by atoms with Gasteiger partial charge in [0.1, 0.15) is 16.5 Å². The Morgan fingerprint density at radius 1 is 1.29 bits per heavy atom. The van der Waals surface area contributed by atoms with Crippen molar-refractivity contribution in [3.8, 4) is 5.75 Å². The van der Waals surface area contributed by atoms with Gasteiger partial charge in [-0.05, 0) is 42.9 Å². The third-order valence-corrected chi connectivity index (χ3v) is 6.99. The van der Waals surface area contributed by atoms with Crippen molar-refractivity contribution < 1.29 is 23.9 Å². The minimum atomic E-state index is -0.296. The molecule has 0 spiro atoms. The molecular formula is C25H31N3O5S. The summed E-state index contributed by atoms with van der Waals surface area (Å²) in [5.41, 5.74) is 2.09. The highest BCUT2D eigenvalue weighted by atomic mass is 32.1. The maximum Gasteiger partial charge on any atom is 0.310 e. The number of fused-ring (bicyclic) bond motifs is 1. The fourth-order valence-corrected chi connectivity index (χ4v) is 4.99. The lowest BCUT2D eigenvalue weighted by Crippen LogP contribution is -2.43. The van der Waals surface area contributed by atoms with Crippen LogP contribution in [0, 0.1) is 5.92 Å². The minimum absolute atomic E-state index is 0.0257. The number of amides is 2. The molecule has 8 nitrogen and oxygen atoms in total. The molecule has 4 rings (SSSR count). The Morgan fingerprint density at radius 3 is 2.82 bits per heavy atom. The molecule has 1 aromatic carbocycles. The van der Waals surface area contributed by atoms with Crippen LogP contribution in [0.3, 0.4) is 0 Å². The van der Waals surface area contributed by atoms with Crippen molar-refractivity contribution in [3.05, 3.63) is 39.8 Å². The van der Waals surface area contributed by atoms with E-state index in [4.69, 9.17) is 9.47 Å². The lowest BCUT2D eigenvalue weighted by molar-refractivity contribution is -0.149. The predicted molar refractivity (Wildman–Crippen MR) is 129 cm³/mol. The van der Waals surface area contributed by atoms with Gasteiger partial charge in [0.25, 0.3) is 11.8 Å². The van der Waals surface area contributed by atoms with E-state index in [1.165, 1.54) is 11.3 Å². The van der Waals surface area contributed by atoms with Crippen molar-refractivity contribution in [2.45, 2.75) is 52.5 Å². The Hall–Kier alpha value is -2.94. The van der Waals surface area contributed by atoms with Crippen LogP contribution in [0.25, 0.3) is 0 Å². The maximum atomic E-state index is 13.1. The molecule has 0 N–H and O–H groups in total. The van der Waals surface area contributed by atoms with Crippen molar-refractivity contribution in [1.82, 2.24) is 9.88 Å². The molecule has 2 aliphatic rings. The number of carbonyl (C=O) groups excluding carboxylic acids is 3. The van der Waals surface area contributed by atoms with E-state index in [1.54, 1.807) is 22.1 Å². The van der Waals surface area contributed by atoms with Gasteiger partial charge in [-0.15, -0.1) is 11.3 Å². The number of ether oxygens (including phenoxy) is 2. The van der Waals surface area contributed by atoms with Crippen LogP contribution < -0.4 is 9.64 Å². The van der Waals surface area contributed by atoms with Crippen molar-refractivity contribution >= 4 is 34.8 Å². The van der Waals surface area contributed by atoms with Gasteiger partial charge >= 0.3 is 5.97 Å². The Kier molecular flexibility index (Phi) is 6.93. The van der Waals surface area contributed by atoms with E-state index < -0.39 is 0 Å². The summed E-state index contributed by atoms with van der Waals surface area (Å²) in [6.07, 6.45) is 1.47. The zero-order valence-electron chi connectivity index (χ0n) is 20.1. The van der Waals surface area contributed by atoms with Gasteiger partial charge in [0.15, 0.2) is 6.61 Å². The highest BCUT2D eigenvalue weighted by Gasteiger charge is 2.32. The summed E-state index contributed by atoms with van der Waals surface area (Å²) in [5.74, 6) is -0.220. The molecule has 1 unspecified atom stereocenters. The van der Waals surface area contributed by atoms with Gasteiger partial charge in [-0.2, -0.15) is 0 Å². The van der Waals surface area contributed by atoms with Crippen LogP contribution >= 0.6 is 11.3 Å². The Bertz CT molecular complexity index is 1090. The molecule has 2 aliphatic heterocycles. The zero-order valence-corrected chi connectivity index (χ0v) is 20.9. The largest absolute Gasteiger partial charge is 0.482 e. The number of thiazole rings is 1. The van der Waals surface area contributed by atoms with Gasteiger partial charge in [-0.3, -0.25) is 19.3 Å². The summed E-state index contributed by atoms with van der Waals surface area (Å²) in [7, 11) is 0. The van der Waals surface area contributed by atoms with Crippen LogP contribution in [0.2, 0.25) is 0 Å². The number of rotatable bonds is 5. The molecule has 0 saturated carbocycles. The standard InChI is InChI=1S/C25H31N3O5S/c1-5-32-24(31)16-7-6-10-27(12-16)23(30)18-15-34-21(26-18)13-28-19-11-17(25(2,3)4)8-9-20(19)33-14-22(28)29/h8-9,11,15-16H,5-7,10,12-14H2,1-4H3. The van der Waals surface area contributed by atoms with E-state index in [0.717, 1.165) is 24.1 Å². The number of esters is 1. The molecule has 0 aliphatic carbocycles. The van der Waals surface area contributed by atoms with E-state index >= 15 is 0 Å². The number of nitrogens with zero attached hydrogens (tertiary/aromatic N) is 3. The quantitative estimate of drug-likeness (QED) is 0.599. The summed E-state index contributed by atoms with van der Waals surface area (Å²) in [6.45, 7) is 9.65. The number of piperidine rings is 1. The first kappa shape index (κ1) is 24.2. The summed E-state index contributed by atoms with van der Waals surface area (Å²) < 4.78 is 10.8. The smallest absolute Gasteiger partial charge is 0.310 e. The van der Waals surface area contributed by atoms with Crippen molar-refractivity contribution in [3.63, 3.8) is 0 Å². The number of hydrogen-bond donors (Lipinski definition) is 0.